The molecule has 0 bridgehead atoms. The standard InChI is InChI=1S/C18H18FNO5/c1-11-14(18(22)24-3)9-13(25-11)10-20-17(21)7-5-12-4-6-16(23-2)15(19)8-12/h4-9H,10H2,1-3H3,(H,20,21)/b7-5-. The minimum Gasteiger partial charge on any atom is -0.494 e. The molecule has 1 aromatic carbocycles. The molecule has 0 aliphatic carbocycles. The van der Waals surface area contributed by atoms with Gasteiger partial charge in [-0.1, -0.05) is 6.07 Å². The Bertz CT molecular complexity index is 810. The first kappa shape index (κ1) is 18.3. The quantitative estimate of drug-likeness (QED) is 0.642. The molecule has 0 spiro atoms. The van der Waals surface area contributed by atoms with Crippen molar-refractivity contribution < 1.29 is 27.9 Å². The van der Waals surface area contributed by atoms with Crippen LogP contribution in [0.2, 0.25) is 0 Å². The Morgan fingerprint density at radius 1 is 1.28 bits per heavy atom. The number of furan rings is 1. The zero-order chi connectivity index (χ0) is 18.4. The van der Waals surface area contributed by atoms with Gasteiger partial charge in [0.2, 0.25) is 5.91 Å². The van der Waals surface area contributed by atoms with E-state index < -0.39 is 11.8 Å². The number of carbonyl (C=O) groups excluding carboxylic acids is 2. The second-order valence-electron chi connectivity index (χ2n) is 5.12. The second-order valence-corrected chi connectivity index (χ2v) is 5.12. The van der Waals surface area contributed by atoms with Crippen LogP contribution in [0.1, 0.15) is 27.4 Å². The van der Waals surface area contributed by atoms with Crippen LogP contribution in [-0.4, -0.2) is 26.1 Å². The lowest BCUT2D eigenvalue weighted by Crippen LogP contribution is -2.19. The molecule has 0 saturated carbocycles. The van der Waals surface area contributed by atoms with Crippen LogP contribution in [-0.2, 0) is 16.1 Å². The highest BCUT2D eigenvalue weighted by atomic mass is 19.1. The molecule has 0 fully saturated rings. The Kier molecular flexibility index (Phi) is 5.94. The van der Waals surface area contributed by atoms with Gasteiger partial charge >= 0.3 is 5.97 Å². The number of halogens is 1. The Hall–Kier alpha value is -3.09. The smallest absolute Gasteiger partial charge is 0.341 e. The normalized spacial score (nSPS) is 10.7. The number of nitrogens with one attached hydrogen (secondary N) is 1. The Labute approximate surface area is 144 Å². The summed E-state index contributed by atoms with van der Waals surface area (Å²) in [5, 5.41) is 2.61. The molecular weight excluding hydrogens is 329 g/mol. The topological polar surface area (TPSA) is 77.8 Å². The van der Waals surface area contributed by atoms with Gasteiger partial charge in [-0.25, -0.2) is 9.18 Å². The van der Waals surface area contributed by atoms with Crippen LogP contribution in [0.25, 0.3) is 6.08 Å². The summed E-state index contributed by atoms with van der Waals surface area (Å²) in [5.74, 6) is -0.414. The van der Waals surface area contributed by atoms with Gasteiger partial charge in [0.25, 0.3) is 0 Å². The van der Waals surface area contributed by atoms with E-state index in [-0.39, 0.29) is 18.2 Å². The molecule has 7 heteroatoms. The molecule has 0 aliphatic rings. The largest absolute Gasteiger partial charge is 0.494 e. The van der Waals surface area contributed by atoms with Crippen LogP contribution in [0, 0.1) is 12.7 Å². The predicted octanol–water partition coefficient (Wildman–Crippen LogP) is 2.85. The summed E-state index contributed by atoms with van der Waals surface area (Å²) in [5.41, 5.74) is 0.839. The summed E-state index contributed by atoms with van der Waals surface area (Å²) in [4.78, 5) is 23.3. The Morgan fingerprint density at radius 2 is 2.04 bits per heavy atom. The van der Waals surface area contributed by atoms with Crippen molar-refractivity contribution in [2.24, 2.45) is 0 Å². The van der Waals surface area contributed by atoms with Gasteiger partial charge in [-0.15, -0.1) is 0 Å². The SMILES string of the molecule is COC(=O)c1cc(CNC(=O)/C=C\c2ccc(OC)c(F)c2)oc1C. The monoisotopic (exact) mass is 347 g/mol. The third-order valence-electron chi connectivity index (χ3n) is 3.41. The number of ether oxygens (including phenoxy) is 2. The third-order valence-corrected chi connectivity index (χ3v) is 3.41. The van der Waals surface area contributed by atoms with Crippen LogP contribution in [0.15, 0.2) is 34.8 Å². The molecule has 0 atom stereocenters. The van der Waals surface area contributed by atoms with E-state index in [1.807, 2.05) is 0 Å². The van der Waals surface area contributed by atoms with Gasteiger partial charge in [0.15, 0.2) is 11.6 Å². The molecule has 0 aliphatic heterocycles. The molecule has 6 nitrogen and oxygen atoms in total. The fourth-order valence-electron chi connectivity index (χ4n) is 2.13. The first-order valence-electron chi connectivity index (χ1n) is 7.41. The Balaban J connectivity index is 1.94. The molecule has 132 valence electrons. The zero-order valence-corrected chi connectivity index (χ0v) is 14.1. The summed E-state index contributed by atoms with van der Waals surface area (Å²) in [6.45, 7) is 1.74. The van der Waals surface area contributed by atoms with Crippen molar-refractivity contribution in [2.75, 3.05) is 14.2 Å². The van der Waals surface area contributed by atoms with Gasteiger partial charge < -0.3 is 19.2 Å². The van der Waals surface area contributed by atoms with E-state index >= 15 is 0 Å². The molecule has 0 saturated heterocycles. The summed E-state index contributed by atoms with van der Waals surface area (Å²) >= 11 is 0. The lowest BCUT2D eigenvalue weighted by atomic mass is 10.2. The highest BCUT2D eigenvalue weighted by molar-refractivity contribution is 5.92. The number of rotatable bonds is 6. The number of methoxy groups -OCH3 is 2. The maximum atomic E-state index is 13.6. The number of carbonyl (C=O) groups is 2. The number of aryl methyl sites for hydroxylation is 1. The number of esters is 1. The van der Waals surface area contributed by atoms with Gasteiger partial charge in [-0.05, 0) is 36.8 Å². The van der Waals surface area contributed by atoms with Gasteiger partial charge in [0, 0.05) is 6.08 Å². The Morgan fingerprint density at radius 3 is 2.68 bits per heavy atom. The summed E-state index contributed by atoms with van der Waals surface area (Å²) in [6, 6.07) is 5.89. The molecule has 1 amide bonds. The van der Waals surface area contributed by atoms with Crippen molar-refractivity contribution in [2.45, 2.75) is 13.5 Å². The van der Waals surface area contributed by atoms with E-state index in [1.54, 1.807) is 13.0 Å². The molecule has 1 N–H and O–H groups in total. The van der Waals surface area contributed by atoms with Gasteiger partial charge in [0.05, 0.1) is 20.8 Å². The maximum Gasteiger partial charge on any atom is 0.341 e. The van der Waals surface area contributed by atoms with Crippen molar-refractivity contribution in [1.82, 2.24) is 5.32 Å². The van der Waals surface area contributed by atoms with E-state index in [2.05, 4.69) is 10.1 Å². The molecular formula is C18H18FNO5. The van der Waals surface area contributed by atoms with Crippen LogP contribution >= 0.6 is 0 Å². The first-order chi connectivity index (χ1) is 11.9. The molecule has 2 aromatic rings. The van der Waals surface area contributed by atoms with Gasteiger partial charge in [-0.3, -0.25) is 4.79 Å². The minimum atomic E-state index is -0.508. The van der Waals surface area contributed by atoms with Crippen molar-refractivity contribution in [3.8, 4) is 5.75 Å². The summed E-state index contributed by atoms with van der Waals surface area (Å²) in [7, 11) is 2.66. The highest BCUT2D eigenvalue weighted by Crippen LogP contribution is 2.18. The van der Waals surface area contributed by atoms with Crippen LogP contribution in [0.4, 0.5) is 4.39 Å². The van der Waals surface area contributed by atoms with Crippen molar-refractivity contribution in [1.29, 1.82) is 0 Å². The molecule has 0 radical (unpaired) electrons. The van der Waals surface area contributed by atoms with Gasteiger partial charge in [0.1, 0.15) is 17.1 Å². The van der Waals surface area contributed by atoms with Crippen LogP contribution < -0.4 is 10.1 Å². The number of benzene rings is 1. The van der Waals surface area contributed by atoms with Crippen molar-refractivity contribution >= 4 is 18.0 Å². The third kappa shape index (κ3) is 4.69. The van der Waals surface area contributed by atoms with E-state index in [4.69, 9.17) is 9.15 Å². The summed E-state index contributed by atoms with van der Waals surface area (Å²) < 4.78 is 28.4. The van der Waals surface area contributed by atoms with E-state index in [0.29, 0.717) is 22.6 Å². The lowest BCUT2D eigenvalue weighted by molar-refractivity contribution is -0.116. The van der Waals surface area contributed by atoms with Gasteiger partial charge in [-0.2, -0.15) is 0 Å². The molecule has 0 unspecified atom stereocenters. The number of hydrogen-bond acceptors (Lipinski definition) is 5. The minimum absolute atomic E-state index is 0.109. The molecule has 1 heterocycles. The van der Waals surface area contributed by atoms with Crippen LogP contribution in [0.3, 0.4) is 0 Å². The van der Waals surface area contributed by atoms with Crippen LogP contribution in [0.5, 0.6) is 5.75 Å². The predicted molar refractivity (Wildman–Crippen MR) is 88.6 cm³/mol. The maximum absolute atomic E-state index is 13.6. The fourth-order valence-corrected chi connectivity index (χ4v) is 2.13. The fraction of sp³-hybridized carbons (Fsp3) is 0.222. The lowest BCUT2D eigenvalue weighted by Gasteiger charge is -2.02. The number of hydrogen-bond donors (Lipinski definition) is 1. The highest BCUT2D eigenvalue weighted by Gasteiger charge is 2.15. The van der Waals surface area contributed by atoms with Crippen molar-refractivity contribution in [3.05, 3.63) is 58.8 Å². The van der Waals surface area contributed by atoms with E-state index in [9.17, 15) is 14.0 Å². The van der Waals surface area contributed by atoms with E-state index in [1.165, 1.54) is 44.6 Å². The molecule has 25 heavy (non-hydrogen) atoms. The average molecular weight is 347 g/mol. The number of amides is 1. The molecule has 2 rings (SSSR count). The van der Waals surface area contributed by atoms with Crippen molar-refractivity contribution in [3.63, 3.8) is 0 Å². The van der Waals surface area contributed by atoms with E-state index in [0.717, 1.165) is 0 Å². The molecule has 1 aromatic heterocycles. The second kappa shape index (κ2) is 8.14. The average Bonchev–Trinajstić information content (AvgIpc) is 2.98. The zero-order valence-electron chi connectivity index (χ0n) is 14.1. The first-order valence-corrected chi connectivity index (χ1v) is 7.41. The summed E-state index contributed by atoms with van der Waals surface area (Å²) in [6.07, 6.45) is 2.75.